The molecule has 1 aromatic carbocycles. The van der Waals surface area contributed by atoms with E-state index in [1.807, 2.05) is 7.05 Å². The van der Waals surface area contributed by atoms with Gasteiger partial charge in [0.05, 0.1) is 23.3 Å². The Morgan fingerprint density at radius 1 is 1.13 bits per heavy atom. The van der Waals surface area contributed by atoms with E-state index in [-0.39, 0.29) is 5.75 Å². The van der Waals surface area contributed by atoms with Gasteiger partial charge >= 0.3 is 0 Å². The number of rotatable bonds is 7. The highest BCUT2D eigenvalue weighted by Crippen LogP contribution is 2.17. The fraction of sp³-hybridized carbons (Fsp3) is 0.562. The highest BCUT2D eigenvalue weighted by molar-refractivity contribution is 7.89. The smallest absolute Gasteiger partial charge is 0.213 e. The number of nitrogens with one attached hydrogen (secondary N) is 1. The molecule has 0 atom stereocenters. The Balaban J connectivity index is 1.94. The van der Waals surface area contributed by atoms with Crippen LogP contribution in [0.4, 0.5) is 0 Å². The molecule has 0 unspecified atom stereocenters. The number of sulfonamides is 1. The van der Waals surface area contributed by atoms with Crippen molar-refractivity contribution >= 4 is 21.1 Å². The molecule has 1 N–H and O–H groups in total. The van der Waals surface area contributed by atoms with Gasteiger partial charge in [-0.3, -0.25) is 4.90 Å². The van der Waals surface area contributed by atoms with Gasteiger partial charge in [-0.05, 0) is 57.1 Å². The van der Waals surface area contributed by atoms with Crippen LogP contribution in [-0.4, -0.2) is 61.0 Å². The lowest BCUT2D eigenvalue weighted by atomic mass is 10.1. The summed E-state index contributed by atoms with van der Waals surface area (Å²) in [6.45, 7) is 5.56. The average Bonchev–Trinajstić information content (AvgIpc) is 2.79. The molecule has 1 heterocycles. The van der Waals surface area contributed by atoms with Gasteiger partial charge in [-0.1, -0.05) is 0 Å². The highest BCUT2D eigenvalue weighted by Gasteiger charge is 2.14. The van der Waals surface area contributed by atoms with E-state index in [1.165, 1.54) is 15.4 Å². The van der Waals surface area contributed by atoms with Crippen LogP contribution < -0.4 is 0 Å². The number of H-pyrrole nitrogens is 1. The van der Waals surface area contributed by atoms with Crippen LogP contribution in [0.2, 0.25) is 0 Å². The van der Waals surface area contributed by atoms with E-state index in [0.717, 1.165) is 16.9 Å². The molecule has 0 fully saturated rings. The zero-order valence-electron chi connectivity index (χ0n) is 14.5. The first-order valence-corrected chi connectivity index (χ1v) is 9.34. The van der Waals surface area contributed by atoms with Crippen LogP contribution in [0, 0.1) is 13.8 Å². The van der Waals surface area contributed by atoms with Crippen LogP contribution in [0.25, 0.3) is 11.0 Å². The lowest BCUT2D eigenvalue weighted by Gasteiger charge is -2.16. The van der Waals surface area contributed by atoms with E-state index in [0.29, 0.717) is 19.5 Å². The first kappa shape index (κ1) is 17.9. The largest absolute Gasteiger partial charge is 0.341 e. The second-order valence-electron chi connectivity index (χ2n) is 6.33. The van der Waals surface area contributed by atoms with E-state index in [2.05, 4.69) is 40.8 Å². The van der Waals surface area contributed by atoms with Crippen molar-refractivity contribution < 1.29 is 8.42 Å². The molecule has 128 valence electrons. The minimum absolute atomic E-state index is 0.170. The molecule has 1 aromatic heterocycles. The van der Waals surface area contributed by atoms with E-state index < -0.39 is 10.0 Å². The maximum atomic E-state index is 11.7. The maximum absolute atomic E-state index is 11.7. The molecule has 0 aliphatic heterocycles. The normalized spacial score (nSPS) is 12.7. The van der Waals surface area contributed by atoms with Crippen molar-refractivity contribution in [2.45, 2.75) is 26.8 Å². The Labute approximate surface area is 138 Å². The summed E-state index contributed by atoms with van der Waals surface area (Å²) >= 11 is 0. The summed E-state index contributed by atoms with van der Waals surface area (Å²) in [6.07, 6.45) is 0.607. The van der Waals surface area contributed by atoms with Gasteiger partial charge in [-0.2, -0.15) is 0 Å². The number of fused-ring (bicyclic) bond motifs is 1. The molecular formula is C16H26N4O2S. The summed E-state index contributed by atoms with van der Waals surface area (Å²) < 4.78 is 24.8. The molecule has 6 nitrogen and oxygen atoms in total. The summed E-state index contributed by atoms with van der Waals surface area (Å²) in [5, 5.41) is 0. The number of benzene rings is 1. The average molecular weight is 338 g/mol. The number of aryl methyl sites for hydroxylation is 2. The summed E-state index contributed by atoms with van der Waals surface area (Å²) in [7, 11) is 2.00. The van der Waals surface area contributed by atoms with Crippen molar-refractivity contribution in [2.24, 2.45) is 0 Å². The van der Waals surface area contributed by atoms with E-state index >= 15 is 0 Å². The van der Waals surface area contributed by atoms with Crippen LogP contribution in [0.5, 0.6) is 0 Å². The van der Waals surface area contributed by atoms with Gasteiger partial charge in [-0.15, -0.1) is 0 Å². The number of aromatic nitrogens is 2. The Hall–Kier alpha value is -1.44. The molecule has 0 radical (unpaired) electrons. The van der Waals surface area contributed by atoms with Crippen LogP contribution in [0.3, 0.4) is 0 Å². The maximum Gasteiger partial charge on any atom is 0.213 e. The molecule has 0 saturated heterocycles. The second kappa shape index (κ2) is 6.98. The first-order valence-electron chi connectivity index (χ1n) is 7.73. The summed E-state index contributed by atoms with van der Waals surface area (Å²) in [4.78, 5) is 10.0. The van der Waals surface area contributed by atoms with Crippen LogP contribution in [-0.2, 0) is 16.6 Å². The molecule has 0 spiro atoms. The Bertz CT molecular complexity index is 742. The first-order chi connectivity index (χ1) is 10.7. The summed E-state index contributed by atoms with van der Waals surface area (Å²) in [6, 6.07) is 4.21. The van der Waals surface area contributed by atoms with Crippen LogP contribution in [0.1, 0.15) is 23.4 Å². The zero-order valence-corrected chi connectivity index (χ0v) is 15.4. The molecule has 0 aliphatic carbocycles. The van der Waals surface area contributed by atoms with Crippen molar-refractivity contribution in [2.75, 3.05) is 33.4 Å². The van der Waals surface area contributed by atoms with E-state index in [9.17, 15) is 8.42 Å². The lowest BCUT2D eigenvalue weighted by molar-refractivity contribution is 0.320. The van der Waals surface area contributed by atoms with Crippen molar-refractivity contribution in [3.05, 3.63) is 29.1 Å². The summed E-state index contributed by atoms with van der Waals surface area (Å²) in [5.41, 5.74) is 4.51. The van der Waals surface area contributed by atoms with E-state index in [1.54, 1.807) is 14.1 Å². The molecule has 0 amide bonds. The molecule has 7 heteroatoms. The molecule has 2 aromatic rings. The summed E-state index contributed by atoms with van der Waals surface area (Å²) in [5.74, 6) is 1.08. The van der Waals surface area contributed by atoms with Crippen molar-refractivity contribution in [1.82, 2.24) is 19.2 Å². The molecule has 23 heavy (non-hydrogen) atoms. The Kier molecular flexibility index (Phi) is 5.44. The standard InChI is InChI=1S/C16H26N4O2S/c1-12-9-14-15(10-13(12)2)18-16(17-14)11-20(5)7-6-8-23(21,22)19(3)4/h9-10H,6-8,11H2,1-5H3,(H,17,18). The quantitative estimate of drug-likeness (QED) is 0.837. The molecule has 0 saturated carbocycles. The number of aromatic amines is 1. The third kappa shape index (κ3) is 4.53. The zero-order chi connectivity index (χ0) is 17.2. The number of hydrogen-bond acceptors (Lipinski definition) is 4. The number of nitrogens with zero attached hydrogens (tertiary/aromatic N) is 3. The van der Waals surface area contributed by atoms with Crippen molar-refractivity contribution in [3.63, 3.8) is 0 Å². The van der Waals surface area contributed by atoms with Crippen LogP contribution >= 0.6 is 0 Å². The third-order valence-corrected chi connectivity index (χ3v) is 5.98. The van der Waals surface area contributed by atoms with Crippen molar-refractivity contribution in [1.29, 1.82) is 0 Å². The van der Waals surface area contributed by atoms with Gasteiger partial charge in [0.15, 0.2) is 0 Å². The van der Waals surface area contributed by atoms with Crippen LogP contribution in [0.15, 0.2) is 12.1 Å². The lowest BCUT2D eigenvalue weighted by Crippen LogP contribution is -2.28. The van der Waals surface area contributed by atoms with Gasteiger partial charge in [0.1, 0.15) is 5.82 Å². The van der Waals surface area contributed by atoms with Gasteiger partial charge in [0, 0.05) is 14.1 Å². The molecular weight excluding hydrogens is 312 g/mol. The Morgan fingerprint density at radius 3 is 2.43 bits per heavy atom. The molecule has 2 rings (SSSR count). The van der Waals surface area contributed by atoms with Gasteiger partial charge < -0.3 is 4.98 Å². The number of hydrogen-bond donors (Lipinski definition) is 1. The number of imidazole rings is 1. The fourth-order valence-corrected chi connectivity index (χ4v) is 3.29. The Morgan fingerprint density at radius 2 is 1.78 bits per heavy atom. The predicted octanol–water partition coefficient (Wildman–Crippen LogP) is 1.89. The third-order valence-electron chi connectivity index (χ3n) is 4.06. The minimum Gasteiger partial charge on any atom is -0.341 e. The van der Waals surface area contributed by atoms with Crippen molar-refractivity contribution in [3.8, 4) is 0 Å². The van der Waals surface area contributed by atoms with Gasteiger partial charge in [0.25, 0.3) is 0 Å². The molecule has 0 bridgehead atoms. The topological polar surface area (TPSA) is 69.3 Å². The fourth-order valence-electron chi connectivity index (χ4n) is 2.43. The highest BCUT2D eigenvalue weighted by atomic mass is 32.2. The molecule has 0 aliphatic rings. The minimum atomic E-state index is -3.11. The van der Waals surface area contributed by atoms with E-state index in [4.69, 9.17) is 0 Å². The van der Waals surface area contributed by atoms with Gasteiger partial charge in [0.2, 0.25) is 10.0 Å². The predicted molar refractivity (Wildman–Crippen MR) is 94.0 cm³/mol. The SMILES string of the molecule is Cc1cc2nc(CN(C)CCCS(=O)(=O)N(C)C)[nH]c2cc1C. The monoisotopic (exact) mass is 338 g/mol. The second-order valence-corrected chi connectivity index (χ2v) is 8.63. The van der Waals surface area contributed by atoms with Gasteiger partial charge in [-0.25, -0.2) is 17.7 Å².